The van der Waals surface area contributed by atoms with Crippen molar-refractivity contribution < 1.29 is 18.0 Å². The van der Waals surface area contributed by atoms with Gasteiger partial charge < -0.3 is 20.9 Å². The van der Waals surface area contributed by atoms with Crippen molar-refractivity contribution >= 4 is 22.9 Å². The number of alkyl halides is 3. The van der Waals surface area contributed by atoms with Gasteiger partial charge in [0.15, 0.2) is 0 Å². The number of piperidine rings is 1. The fraction of sp³-hybridized carbons (Fsp3) is 0.500. The molecule has 0 spiro atoms. The summed E-state index contributed by atoms with van der Waals surface area (Å²) in [7, 11) is 0. The molecule has 1 aliphatic rings. The first-order chi connectivity index (χ1) is 18.0. The normalized spacial score (nSPS) is 16.4. The lowest BCUT2D eigenvalue weighted by Crippen LogP contribution is -2.44. The minimum atomic E-state index is -4.55. The van der Waals surface area contributed by atoms with E-state index in [-0.39, 0.29) is 58.1 Å². The molecule has 3 aromatic heterocycles. The van der Waals surface area contributed by atoms with Gasteiger partial charge in [-0.1, -0.05) is 13.8 Å². The van der Waals surface area contributed by atoms with Gasteiger partial charge in [0.05, 0.1) is 23.0 Å². The third-order valence-corrected chi connectivity index (χ3v) is 7.25. The zero-order chi connectivity index (χ0) is 27.6. The monoisotopic (exact) mass is 528 g/mol. The van der Waals surface area contributed by atoms with Gasteiger partial charge in [-0.15, -0.1) is 0 Å². The van der Waals surface area contributed by atoms with Gasteiger partial charge in [-0.25, -0.2) is 15.0 Å². The molecule has 2 atom stereocenters. The number of carbonyl (C=O) groups is 1. The highest BCUT2D eigenvalue weighted by Crippen LogP contribution is 2.35. The number of aromatic nitrogens is 4. The summed E-state index contributed by atoms with van der Waals surface area (Å²) in [4.78, 5) is 29.9. The van der Waals surface area contributed by atoms with E-state index in [0.717, 1.165) is 25.1 Å². The molecule has 0 aromatic carbocycles. The Bertz CT molecular complexity index is 1340. The summed E-state index contributed by atoms with van der Waals surface area (Å²) in [6, 6.07) is 2.82. The van der Waals surface area contributed by atoms with Crippen LogP contribution in [0.1, 0.15) is 51.2 Å². The van der Waals surface area contributed by atoms with E-state index in [4.69, 9.17) is 5.73 Å². The predicted octanol–water partition coefficient (Wildman–Crippen LogP) is 4.32. The van der Waals surface area contributed by atoms with Crippen LogP contribution in [0.5, 0.6) is 0 Å². The number of nitriles is 1. The van der Waals surface area contributed by atoms with Crippen LogP contribution in [0.3, 0.4) is 0 Å². The number of pyridine rings is 1. The number of hydrogen-bond donors (Lipinski definition) is 3. The first-order valence-corrected chi connectivity index (χ1v) is 12.6. The molecular formula is C26H31F3N8O. The molecule has 38 heavy (non-hydrogen) atoms. The van der Waals surface area contributed by atoms with E-state index in [1.807, 2.05) is 31.7 Å². The lowest BCUT2D eigenvalue weighted by molar-refractivity contribution is -0.137. The summed E-state index contributed by atoms with van der Waals surface area (Å²) >= 11 is 0. The average molecular weight is 529 g/mol. The maximum atomic E-state index is 13.3. The second-order valence-corrected chi connectivity index (χ2v) is 10.2. The van der Waals surface area contributed by atoms with Gasteiger partial charge in [0.2, 0.25) is 11.9 Å². The van der Waals surface area contributed by atoms with Gasteiger partial charge >= 0.3 is 6.18 Å². The Kier molecular flexibility index (Phi) is 7.87. The Balaban J connectivity index is 1.48. The first kappa shape index (κ1) is 27.3. The van der Waals surface area contributed by atoms with Gasteiger partial charge in [-0.2, -0.15) is 18.4 Å². The number of amides is 1. The number of nitrogens with two attached hydrogens (primary N) is 1. The van der Waals surface area contributed by atoms with Crippen LogP contribution in [0.25, 0.3) is 22.3 Å². The Morgan fingerprint density at radius 1 is 1.26 bits per heavy atom. The predicted molar refractivity (Wildman–Crippen MR) is 137 cm³/mol. The second kappa shape index (κ2) is 10.9. The van der Waals surface area contributed by atoms with E-state index in [0.29, 0.717) is 25.1 Å². The summed E-state index contributed by atoms with van der Waals surface area (Å²) in [6.07, 6.45) is 0.999. The summed E-state index contributed by atoms with van der Waals surface area (Å²) in [5.41, 5.74) is 6.11. The van der Waals surface area contributed by atoms with Crippen molar-refractivity contribution in [1.82, 2.24) is 24.8 Å². The van der Waals surface area contributed by atoms with Crippen molar-refractivity contribution in [1.29, 1.82) is 5.26 Å². The molecule has 0 bridgehead atoms. The Hall–Kier alpha value is -3.72. The van der Waals surface area contributed by atoms with Crippen LogP contribution in [0, 0.1) is 23.2 Å². The third kappa shape index (κ3) is 5.88. The molecule has 1 saturated heterocycles. The highest BCUT2D eigenvalue weighted by atomic mass is 19.4. The van der Waals surface area contributed by atoms with Crippen molar-refractivity contribution in [3.8, 4) is 17.3 Å². The summed E-state index contributed by atoms with van der Waals surface area (Å²) in [5, 5.41) is 13.1. The van der Waals surface area contributed by atoms with Crippen molar-refractivity contribution in [3.63, 3.8) is 0 Å². The molecule has 202 valence electrons. The van der Waals surface area contributed by atoms with Gasteiger partial charge in [0.25, 0.3) is 0 Å². The van der Waals surface area contributed by atoms with E-state index in [1.165, 1.54) is 12.4 Å². The van der Waals surface area contributed by atoms with Crippen molar-refractivity contribution in [3.05, 3.63) is 35.8 Å². The maximum absolute atomic E-state index is 13.3. The van der Waals surface area contributed by atoms with Crippen LogP contribution in [-0.4, -0.2) is 55.9 Å². The summed E-state index contributed by atoms with van der Waals surface area (Å²) in [5.74, 6) is 0.840. The number of hydrogen-bond acceptors (Lipinski definition) is 7. The maximum Gasteiger partial charge on any atom is 0.417 e. The quantitative estimate of drug-likeness (QED) is 0.415. The fourth-order valence-corrected chi connectivity index (χ4v) is 4.63. The number of rotatable bonds is 7. The molecule has 0 aliphatic carbocycles. The standard InChI is InChI=1S/C26H31F3N8O/c1-14(2)21(31)9-22(38)37-6-4-16(5-7-37)15(3)35-25-34-11-17(10-30)23(36-25)20-13-33-24-19(20)8-18(12-32-24)26(27,28)29/h8,11-16,21H,4-7,9,31H2,1-3H3,(H,32,33)(H,34,35,36)/t15-,21+/m1/s1. The van der Waals surface area contributed by atoms with Crippen LogP contribution in [0.4, 0.5) is 19.1 Å². The number of nitrogens with one attached hydrogen (secondary N) is 2. The zero-order valence-corrected chi connectivity index (χ0v) is 21.5. The van der Waals surface area contributed by atoms with E-state index in [1.54, 1.807) is 0 Å². The Labute approximate surface area is 218 Å². The summed E-state index contributed by atoms with van der Waals surface area (Å²) < 4.78 is 39.8. The molecular weight excluding hydrogens is 497 g/mol. The topological polar surface area (TPSA) is 137 Å². The smallest absolute Gasteiger partial charge is 0.351 e. The highest BCUT2D eigenvalue weighted by molar-refractivity contribution is 5.94. The molecule has 4 N–H and O–H groups in total. The van der Waals surface area contributed by atoms with Crippen LogP contribution >= 0.6 is 0 Å². The largest absolute Gasteiger partial charge is 0.417 e. The molecule has 12 heteroatoms. The molecule has 1 aliphatic heterocycles. The number of aromatic amines is 1. The molecule has 0 radical (unpaired) electrons. The van der Waals surface area contributed by atoms with Crippen LogP contribution in [0.15, 0.2) is 24.7 Å². The average Bonchev–Trinajstić information content (AvgIpc) is 3.31. The summed E-state index contributed by atoms with van der Waals surface area (Å²) in [6.45, 7) is 7.30. The van der Waals surface area contributed by atoms with Crippen LogP contribution in [0.2, 0.25) is 0 Å². The third-order valence-electron chi connectivity index (χ3n) is 7.25. The lowest BCUT2D eigenvalue weighted by Gasteiger charge is -2.35. The zero-order valence-electron chi connectivity index (χ0n) is 21.5. The van der Waals surface area contributed by atoms with E-state index in [2.05, 4.69) is 25.3 Å². The number of likely N-dealkylation sites (tertiary alicyclic amines) is 1. The number of halogens is 3. The van der Waals surface area contributed by atoms with Gasteiger partial charge in [0.1, 0.15) is 11.7 Å². The molecule has 1 fully saturated rings. The minimum Gasteiger partial charge on any atom is -0.351 e. The molecule has 4 heterocycles. The van der Waals surface area contributed by atoms with E-state index >= 15 is 0 Å². The lowest BCUT2D eigenvalue weighted by atomic mass is 9.90. The number of carbonyl (C=O) groups excluding carboxylic acids is 1. The van der Waals surface area contributed by atoms with E-state index < -0.39 is 11.7 Å². The SMILES string of the molecule is CC(C)[C@@H](N)CC(=O)N1CCC([C@@H](C)Nc2ncc(C#N)c(-c3c[nH]c4ncc(C(F)(F)F)cc34)n2)CC1. The number of H-pyrrole nitrogens is 1. The fourth-order valence-electron chi connectivity index (χ4n) is 4.63. The van der Waals surface area contributed by atoms with Crippen molar-refractivity contribution in [2.45, 2.75) is 58.3 Å². The number of nitrogens with zero attached hydrogens (tertiary/aromatic N) is 5. The molecule has 3 aromatic rings. The molecule has 0 saturated carbocycles. The second-order valence-electron chi connectivity index (χ2n) is 10.2. The minimum absolute atomic E-state index is 0.0348. The molecule has 4 rings (SSSR count). The van der Waals surface area contributed by atoms with Crippen LogP contribution < -0.4 is 11.1 Å². The Morgan fingerprint density at radius 2 is 1.97 bits per heavy atom. The van der Waals surface area contributed by atoms with Crippen LogP contribution in [-0.2, 0) is 11.0 Å². The van der Waals surface area contributed by atoms with Crippen molar-refractivity contribution in [2.24, 2.45) is 17.6 Å². The number of fused-ring (bicyclic) bond motifs is 1. The van der Waals surface area contributed by atoms with Gasteiger partial charge in [-0.3, -0.25) is 4.79 Å². The first-order valence-electron chi connectivity index (χ1n) is 12.6. The highest BCUT2D eigenvalue weighted by Gasteiger charge is 2.32. The molecule has 9 nitrogen and oxygen atoms in total. The van der Waals surface area contributed by atoms with Crippen molar-refractivity contribution in [2.75, 3.05) is 18.4 Å². The van der Waals surface area contributed by atoms with Gasteiger partial charge in [0, 0.05) is 54.9 Å². The Morgan fingerprint density at radius 3 is 2.61 bits per heavy atom. The van der Waals surface area contributed by atoms with E-state index in [9.17, 15) is 23.2 Å². The van der Waals surface area contributed by atoms with Gasteiger partial charge in [-0.05, 0) is 37.7 Å². The number of anilines is 1. The molecule has 0 unspecified atom stereocenters. The molecule has 1 amide bonds.